The van der Waals surface area contributed by atoms with Gasteiger partial charge in [0.1, 0.15) is 0 Å². The van der Waals surface area contributed by atoms with Gasteiger partial charge < -0.3 is 10.8 Å². The lowest BCUT2D eigenvalue weighted by Gasteiger charge is -2.40. The fourth-order valence-electron chi connectivity index (χ4n) is 4.82. The van der Waals surface area contributed by atoms with Crippen LogP contribution in [0, 0.1) is 0 Å². The molecule has 0 spiro atoms. The molecule has 1 saturated carbocycles. The molecule has 32 heavy (non-hydrogen) atoms. The molecule has 0 saturated heterocycles. The van der Waals surface area contributed by atoms with Crippen molar-refractivity contribution in [1.82, 2.24) is 0 Å². The Morgan fingerprint density at radius 3 is 2.34 bits per heavy atom. The number of benzene rings is 3. The summed E-state index contributed by atoms with van der Waals surface area (Å²) >= 11 is 0. The van der Waals surface area contributed by atoms with Crippen molar-refractivity contribution in [2.24, 2.45) is 5.73 Å². The lowest BCUT2D eigenvalue weighted by atomic mass is 9.63. The van der Waals surface area contributed by atoms with Crippen LogP contribution in [-0.4, -0.2) is 16.9 Å². The Labute approximate surface area is 188 Å². The molecule has 0 aromatic heterocycles. The molecule has 1 atom stereocenters. The van der Waals surface area contributed by atoms with Gasteiger partial charge in [-0.05, 0) is 65.3 Å². The van der Waals surface area contributed by atoms with Crippen molar-refractivity contribution in [3.63, 3.8) is 0 Å². The van der Waals surface area contributed by atoms with Crippen LogP contribution in [0.2, 0.25) is 0 Å². The highest BCUT2D eigenvalue weighted by Gasteiger charge is 2.40. The van der Waals surface area contributed by atoms with E-state index in [4.69, 9.17) is 5.73 Å². The predicted octanol–water partition coefficient (Wildman–Crippen LogP) is 5.16. The van der Waals surface area contributed by atoms with E-state index in [1.54, 1.807) is 12.1 Å². The number of ketones is 1. The zero-order valence-corrected chi connectivity index (χ0v) is 18.0. The highest BCUT2D eigenvalue weighted by atomic mass is 16.4. The van der Waals surface area contributed by atoms with Gasteiger partial charge in [0.2, 0.25) is 0 Å². The van der Waals surface area contributed by atoms with Crippen LogP contribution in [-0.2, 0) is 23.2 Å². The lowest BCUT2D eigenvalue weighted by molar-refractivity contribution is -0.117. The number of carbonyl (C=O) groups is 2. The average molecular weight is 426 g/mol. The molecule has 4 rings (SSSR count). The van der Waals surface area contributed by atoms with Crippen LogP contribution >= 0.6 is 0 Å². The van der Waals surface area contributed by atoms with E-state index in [2.05, 4.69) is 12.1 Å². The predicted molar refractivity (Wildman–Crippen MR) is 126 cm³/mol. The van der Waals surface area contributed by atoms with Gasteiger partial charge >= 0.3 is 5.97 Å². The number of carboxylic acid groups (broad SMARTS) is 1. The van der Waals surface area contributed by atoms with Gasteiger partial charge in [-0.3, -0.25) is 4.79 Å². The molecule has 1 unspecified atom stereocenters. The topological polar surface area (TPSA) is 80.4 Å². The fraction of sp³-hybridized carbons (Fsp3) is 0.214. The molecule has 0 aliphatic heterocycles. The zero-order chi connectivity index (χ0) is 22.6. The summed E-state index contributed by atoms with van der Waals surface area (Å²) in [5.41, 5.74) is 10.9. The maximum absolute atomic E-state index is 12.9. The third-order valence-electron chi connectivity index (χ3n) is 6.39. The number of hydrogen-bond donors (Lipinski definition) is 2. The number of Topliss-reactive ketones (excluding diaryl/α,β-unsaturated/α-hetero) is 1. The van der Waals surface area contributed by atoms with Crippen molar-refractivity contribution < 1.29 is 14.7 Å². The van der Waals surface area contributed by atoms with E-state index in [9.17, 15) is 14.7 Å². The van der Waals surface area contributed by atoms with Crippen LogP contribution < -0.4 is 5.73 Å². The van der Waals surface area contributed by atoms with Gasteiger partial charge in [0, 0.05) is 18.4 Å². The Hall–Kier alpha value is -3.50. The first-order valence-corrected chi connectivity index (χ1v) is 10.9. The maximum Gasteiger partial charge on any atom is 0.335 e. The largest absolute Gasteiger partial charge is 0.478 e. The summed E-state index contributed by atoms with van der Waals surface area (Å²) in [6.45, 7) is 0.249. The quantitative estimate of drug-likeness (QED) is 0.535. The van der Waals surface area contributed by atoms with E-state index < -0.39 is 5.97 Å². The molecule has 0 radical (unpaired) electrons. The molecule has 1 aliphatic rings. The van der Waals surface area contributed by atoms with Gasteiger partial charge in [-0.2, -0.15) is 0 Å². The number of allylic oxidation sites excluding steroid dienone is 1. The Bertz CT molecular complexity index is 1150. The molecule has 1 aliphatic carbocycles. The van der Waals surface area contributed by atoms with Crippen molar-refractivity contribution >= 4 is 17.8 Å². The van der Waals surface area contributed by atoms with Crippen LogP contribution in [0.25, 0.3) is 6.08 Å². The fourth-order valence-corrected chi connectivity index (χ4v) is 4.82. The number of nitrogens with two attached hydrogens (primary N) is 1. The molecule has 1 fully saturated rings. The van der Waals surface area contributed by atoms with E-state index in [0.717, 1.165) is 28.7 Å². The van der Waals surface area contributed by atoms with Crippen molar-refractivity contribution in [3.05, 3.63) is 112 Å². The normalized spacial score (nSPS) is 19.8. The van der Waals surface area contributed by atoms with E-state index in [-0.39, 0.29) is 23.3 Å². The number of aromatic carboxylic acids is 1. The van der Waals surface area contributed by atoms with Gasteiger partial charge in [-0.25, -0.2) is 4.79 Å². The van der Waals surface area contributed by atoms with Gasteiger partial charge in [-0.15, -0.1) is 0 Å². The standard InChI is InChI=1S/C28H27NO3/c29-19-24-16-22(27(31)32)11-12-25(24)28(17-21-9-5-2-6-10-21)14-13-26(30)23(18-28)15-20-7-3-1-4-8-20/h1-12,15-16H,13-14,17-19,29H2,(H,31,32)/b23-15+. The summed E-state index contributed by atoms with van der Waals surface area (Å²) in [6, 6.07) is 25.4. The van der Waals surface area contributed by atoms with Crippen LogP contribution in [0.5, 0.6) is 0 Å². The van der Waals surface area contributed by atoms with Crippen molar-refractivity contribution in [1.29, 1.82) is 0 Å². The number of carboxylic acids is 1. The first kappa shape index (κ1) is 21.7. The summed E-state index contributed by atoms with van der Waals surface area (Å²) < 4.78 is 0. The third-order valence-corrected chi connectivity index (χ3v) is 6.39. The van der Waals surface area contributed by atoms with E-state index >= 15 is 0 Å². The first-order chi connectivity index (χ1) is 15.5. The smallest absolute Gasteiger partial charge is 0.335 e. The first-order valence-electron chi connectivity index (χ1n) is 10.9. The number of carbonyl (C=O) groups excluding carboxylic acids is 1. The highest BCUT2D eigenvalue weighted by Crippen LogP contribution is 2.45. The van der Waals surface area contributed by atoms with Crippen LogP contribution in [0.15, 0.2) is 84.4 Å². The lowest BCUT2D eigenvalue weighted by Crippen LogP contribution is -2.37. The molecule has 0 amide bonds. The minimum absolute atomic E-state index is 0.175. The summed E-state index contributed by atoms with van der Waals surface area (Å²) in [6.07, 6.45) is 4.50. The van der Waals surface area contributed by atoms with Crippen molar-refractivity contribution in [3.8, 4) is 0 Å². The Morgan fingerprint density at radius 1 is 1.00 bits per heavy atom. The summed E-state index contributed by atoms with van der Waals surface area (Å²) in [5.74, 6) is -0.791. The monoisotopic (exact) mass is 425 g/mol. The second-order valence-electron chi connectivity index (χ2n) is 8.50. The Kier molecular flexibility index (Phi) is 6.33. The number of hydrogen-bond acceptors (Lipinski definition) is 3. The molecule has 162 valence electrons. The summed E-state index contributed by atoms with van der Waals surface area (Å²) in [5, 5.41) is 9.45. The van der Waals surface area contributed by atoms with Gasteiger partial charge in [0.25, 0.3) is 0 Å². The molecular formula is C28H27NO3. The molecular weight excluding hydrogens is 398 g/mol. The highest BCUT2D eigenvalue weighted by molar-refractivity contribution is 6.00. The molecule has 3 aromatic rings. The summed E-state index contributed by atoms with van der Waals surface area (Å²) in [7, 11) is 0. The molecule has 0 heterocycles. The second kappa shape index (κ2) is 9.33. The average Bonchev–Trinajstić information content (AvgIpc) is 2.82. The molecule has 0 bridgehead atoms. The third kappa shape index (κ3) is 4.56. The summed E-state index contributed by atoms with van der Waals surface area (Å²) in [4.78, 5) is 24.4. The number of rotatable bonds is 6. The minimum atomic E-state index is -0.966. The molecule has 3 aromatic carbocycles. The Balaban J connectivity index is 1.83. The molecule has 4 heteroatoms. The van der Waals surface area contributed by atoms with Crippen LogP contribution in [0.1, 0.15) is 51.9 Å². The van der Waals surface area contributed by atoms with Crippen molar-refractivity contribution in [2.75, 3.05) is 0 Å². The Morgan fingerprint density at radius 2 is 1.69 bits per heavy atom. The van der Waals surface area contributed by atoms with Crippen molar-refractivity contribution in [2.45, 2.75) is 37.6 Å². The molecule has 3 N–H and O–H groups in total. The van der Waals surface area contributed by atoms with E-state index in [0.29, 0.717) is 19.3 Å². The van der Waals surface area contributed by atoms with Gasteiger partial charge in [0.15, 0.2) is 5.78 Å². The minimum Gasteiger partial charge on any atom is -0.478 e. The second-order valence-corrected chi connectivity index (χ2v) is 8.50. The maximum atomic E-state index is 12.9. The van der Waals surface area contributed by atoms with Crippen LogP contribution in [0.3, 0.4) is 0 Å². The van der Waals surface area contributed by atoms with Gasteiger partial charge in [-0.1, -0.05) is 66.7 Å². The van der Waals surface area contributed by atoms with Gasteiger partial charge in [0.05, 0.1) is 5.56 Å². The van der Waals surface area contributed by atoms with Crippen LogP contribution in [0.4, 0.5) is 0 Å². The van der Waals surface area contributed by atoms with E-state index in [1.807, 2.05) is 60.7 Å². The zero-order valence-electron chi connectivity index (χ0n) is 18.0. The van der Waals surface area contributed by atoms with E-state index in [1.165, 1.54) is 5.56 Å². The SMILES string of the molecule is NCc1cc(C(=O)O)ccc1C1(Cc2ccccc2)CCC(=O)/C(=C/c2ccccc2)C1. The molecule has 4 nitrogen and oxygen atoms in total.